The molecule has 2 aliphatic carbocycles. The predicted octanol–water partition coefficient (Wildman–Crippen LogP) is 3.21. The normalized spacial score (nSPS) is 31.8. The van der Waals surface area contributed by atoms with E-state index >= 15 is 0 Å². The molecule has 4 nitrogen and oxygen atoms in total. The minimum Gasteiger partial charge on any atom is -0.481 e. The van der Waals surface area contributed by atoms with Crippen LogP contribution in [0.5, 0.6) is 0 Å². The van der Waals surface area contributed by atoms with Gasteiger partial charge in [-0.25, -0.2) is 0 Å². The van der Waals surface area contributed by atoms with Crippen LogP contribution in [0.15, 0.2) is 0 Å². The van der Waals surface area contributed by atoms with Gasteiger partial charge in [0.25, 0.3) is 0 Å². The molecule has 2 saturated carbocycles. The van der Waals surface area contributed by atoms with Gasteiger partial charge in [-0.05, 0) is 44.4 Å². The lowest BCUT2D eigenvalue weighted by molar-refractivity contribution is -0.148. The first kappa shape index (κ1) is 16.3. The van der Waals surface area contributed by atoms with Gasteiger partial charge in [0, 0.05) is 12.5 Å². The van der Waals surface area contributed by atoms with Gasteiger partial charge in [0.05, 0.1) is 5.41 Å². The highest BCUT2D eigenvalue weighted by atomic mass is 16.4. The average Bonchev–Trinajstić information content (AvgIpc) is 2.51. The zero-order chi connectivity index (χ0) is 15.5. The number of carbonyl (C=O) groups is 2. The summed E-state index contributed by atoms with van der Waals surface area (Å²) in [6, 6.07) is 0. The van der Waals surface area contributed by atoms with Crippen molar-refractivity contribution in [2.75, 3.05) is 6.54 Å². The van der Waals surface area contributed by atoms with Crippen LogP contribution in [0.2, 0.25) is 0 Å². The predicted molar refractivity (Wildman–Crippen MR) is 81.8 cm³/mol. The van der Waals surface area contributed by atoms with Gasteiger partial charge in [-0.15, -0.1) is 0 Å². The summed E-state index contributed by atoms with van der Waals surface area (Å²) in [7, 11) is 0. The molecular weight excluding hydrogens is 266 g/mol. The van der Waals surface area contributed by atoms with E-state index in [1.54, 1.807) is 6.92 Å². The fourth-order valence-electron chi connectivity index (χ4n) is 3.89. The first-order valence-electron chi connectivity index (χ1n) is 8.47. The number of rotatable bonds is 5. The smallest absolute Gasteiger partial charge is 0.311 e. The molecule has 0 aromatic carbocycles. The Kier molecular flexibility index (Phi) is 5.28. The van der Waals surface area contributed by atoms with E-state index in [0.717, 1.165) is 24.7 Å². The van der Waals surface area contributed by atoms with Crippen molar-refractivity contribution in [2.45, 2.75) is 65.2 Å². The molecule has 0 spiro atoms. The largest absolute Gasteiger partial charge is 0.481 e. The highest BCUT2D eigenvalue weighted by Crippen LogP contribution is 2.42. The first-order chi connectivity index (χ1) is 9.96. The van der Waals surface area contributed by atoms with Crippen molar-refractivity contribution in [3.63, 3.8) is 0 Å². The summed E-state index contributed by atoms with van der Waals surface area (Å²) in [6.45, 7) is 3.80. The van der Waals surface area contributed by atoms with E-state index in [0.29, 0.717) is 6.42 Å². The molecule has 0 saturated heterocycles. The van der Waals surface area contributed by atoms with Crippen molar-refractivity contribution in [1.82, 2.24) is 5.32 Å². The summed E-state index contributed by atoms with van der Waals surface area (Å²) >= 11 is 0. The highest BCUT2D eigenvalue weighted by molar-refractivity contribution is 5.80. The molecule has 0 aliphatic heterocycles. The lowest BCUT2D eigenvalue weighted by Gasteiger charge is -2.39. The van der Waals surface area contributed by atoms with Gasteiger partial charge < -0.3 is 10.4 Å². The molecule has 1 amide bonds. The Morgan fingerprint density at radius 1 is 1.14 bits per heavy atom. The lowest BCUT2D eigenvalue weighted by Crippen LogP contribution is -2.44. The number of aliphatic carboxylic acids is 1. The molecule has 0 radical (unpaired) electrons. The van der Waals surface area contributed by atoms with Crippen molar-refractivity contribution in [1.29, 1.82) is 0 Å². The van der Waals surface area contributed by atoms with Crippen LogP contribution < -0.4 is 5.32 Å². The number of hydrogen-bond donors (Lipinski definition) is 2. The van der Waals surface area contributed by atoms with E-state index in [9.17, 15) is 14.7 Å². The van der Waals surface area contributed by atoms with Crippen molar-refractivity contribution in [3.8, 4) is 0 Å². The van der Waals surface area contributed by atoms with Gasteiger partial charge in [-0.1, -0.05) is 32.6 Å². The van der Waals surface area contributed by atoms with Gasteiger partial charge >= 0.3 is 5.97 Å². The van der Waals surface area contributed by atoms with Gasteiger partial charge in [0.2, 0.25) is 5.91 Å². The second-order valence-electron chi connectivity index (χ2n) is 7.25. The lowest BCUT2D eigenvalue weighted by atomic mass is 9.67. The maximum absolute atomic E-state index is 12.4. The Bertz CT molecular complexity index is 395. The molecular formula is C17H29NO3. The maximum Gasteiger partial charge on any atom is 0.311 e. The summed E-state index contributed by atoms with van der Waals surface area (Å²) in [4.78, 5) is 23.6. The summed E-state index contributed by atoms with van der Waals surface area (Å²) < 4.78 is 0. The number of nitrogens with one attached hydrogen (secondary N) is 1. The van der Waals surface area contributed by atoms with Crippen LogP contribution in [-0.2, 0) is 9.59 Å². The minimum atomic E-state index is -0.850. The zero-order valence-electron chi connectivity index (χ0n) is 13.4. The molecule has 0 bridgehead atoms. The quantitative estimate of drug-likeness (QED) is 0.818. The molecule has 2 rings (SSSR count). The third-order valence-corrected chi connectivity index (χ3v) is 5.86. The van der Waals surface area contributed by atoms with Gasteiger partial charge in [0.1, 0.15) is 0 Å². The summed E-state index contributed by atoms with van der Waals surface area (Å²) in [5, 5.41) is 12.2. The molecule has 2 N–H and O–H groups in total. The molecule has 4 heteroatoms. The van der Waals surface area contributed by atoms with Gasteiger partial charge in [-0.2, -0.15) is 0 Å². The van der Waals surface area contributed by atoms with E-state index in [1.165, 1.54) is 32.1 Å². The van der Waals surface area contributed by atoms with Crippen LogP contribution in [0.1, 0.15) is 65.2 Å². The van der Waals surface area contributed by atoms with E-state index in [-0.39, 0.29) is 18.4 Å². The van der Waals surface area contributed by atoms with Crippen LogP contribution in [-0.4, -0.2) is 23.5 Å². The van der Waals surface area contributed by atoms with Crippen molar-refractivity contribution < 1.29 is 14.7 Å². The molecule has 2 fully saturated rings. The number of carboxylic acid groups (broad SMARTS) is 1. The molecule has 0 aromatic heterocycles. The van der Waals surface area contributed by atoms with Crippen LogP contribution in [0.3, 0.4) is 0 Å². The number of hydrogen-bond acceptors (Lipinski definition) is 2. The molecule has 4 atom stereocenters. The molecule has 4 unspecified atom stereocenters. The van der Waals surface area contributed by atoms with Crippen LogP contribution in [0.4, 0.5) is 0 Å². The zero-order valence-corrected chi connectivity index (χ0v) is 13.4. The summed E-state index contributed by atoms with van der Waals surface area (Å²) in [5.74, 6) is 0.892. The average molecular weight is 295 g/mol. The topological polar surface area (TPSA) is 66.4 Å². The van der Waals surface area contributed by atoms with E-state index < -0.39 is 11.4 Å². The fourth-order valence-corrected chi connectivity index (χ4v) is 3.89. The number of fused-ring (bicyclic) bond motifs is 1. The summed E-state index contributed by atoms with van der Waals surface area (Å²) in [6.07, 6.45) is 8.95. The number of carbonyl (C=O) groups excluding carboxylic acids is 1. The third kappa shape index (κ3) is 3.78. The van der Waals surface area contributed by atoms with Gasteiger partial charge in [-0.3, -0.25) is 9.59 Å². The van der Waals surface area contributed by atoms with Crippen LogP contribution in [0.25, 0.3) is 0 Å². The molecule has 120 valence electrons. The second kappa shape index (κ2) is 6.80. The van der Waals surface area contributed by atoms with Crippen molar-refractivity contribution in [3.05, 3.63) is 0 Å². The minimum absolute atomic E-state index is 0.0694. The Hall–Kier alpha value is -1.06. The fraction of sp³-hybridized carbons (Fsp3) is 0.882. The monoisotopic (exact) mass is 295 g/mol. The Morgan fingerprint density at radius 2 is 1.81 bits per heavy atom. The number of amides is 1. The van der Waals surface area contributed by atoms with E-state index in [2.05, 4.69) is 5.32 Å². The Morgan fingerprint density at radius 3 is 2.43 bits per heavy atom. The molecule has 0 aromatic rings. The van der Waals surface area contributed by atoms with Crippen LogP contribution >= 0.6 is 0 Å². The van der Waals surface area contributed by atoms with Crippen LogP contribution in [0, 0.1) is 23.2 Å². The van der Waals surface area contributed by atoms with E-state index in [4.69, 9.17) is 0 Å². The maximum atomic E-state index is 12.4. The highest BCUT2D eigenvalue weighted by Gasteiger charge is 2.36. The first-order valence-corrected chi connectivity index (χ1v) is 8.47. The Balaban J connectivity index is 1.85. The third-order valence-electron chi connectivity index (χ3n) is 5.86. The van der Waals surface area contributed by atoms with Crippen molar-refractivity contribution in [2.24, 2.45) is 23.2 Å². The van der Waals surface area contributed by atoms with Gasteiger partial charge in [0.15, 0.2) is 0 Å². The van der Waals surface area contributed by atoms with Crippen molar-refractivity contribution >= 4 is 11.9 Å². The van der Waals surface area contributed by atoms with E-state index in [1.807, 2.05) is 6.92 Å². The SMILES string of the molecule is CCC(C)(CNC(=O)C1CCC2CCCCC2C1)C(=O)O. The molecule has 2 aliphatic rings. The summed E-state index contributed by atoms with van der Waals surface area (Å²) in [5.41, 5.74) is -0.850. The standard InChI is InChI=1S/C17H29NO3/c1-3-17(2,16(20)21)11-18-15(19)14-9-8-12-6-4-5-7-13(12)10-14/h12-14H,3-11H2,1-2H3,(H,18,19)(H,20,21). The number of carboxylic acids is 1. The second-order valence-corrected chi connectivity index (χ2v) is 7.25. The Labute approximate surface area is 127 Å². The molecule has 0 heterocycles. The molecule has 21 heavy (non-hydrogen) atoms.